The van der Waals surface area contributed by atoms with Gasteiger partial charge in [0.15, 0.2) is 5.17 Å². The molecule has 2 aliphatic rings. The first-order valence-corrected chi connectivity index (χ1v) is 7.75. The number of likely N-dealkylation sites (N-methyl/N-ethyl adjacent to an activating group) is 1. The topological polar surface area (TPSA) is 27.6 Å². The molecule has 0 amide bonds. The Labute approximate surface area is 109 Å². The maximum Gasteiger partial charge on any atom is 0.156 e. The van der Waals surface area contributed by atoms with Crippen LogP contribution in [-0.4, -0.2) is 49.6 Å². The highest BCUT2D eigenvalue weighted by molar-refractivity contribution is 8.13. The molecule has 1 aliphatic carbocycles. The molecular formula is C13H25N3S. The van der Waals surface area contributed by atoms with Gasteiger partial charge in [0.1, 0.15) is 0 Å². The summed E-state index contributed by atoms with van der Waals surface area (Å²) in [4.78, 5) is 6.95. The van der Waals surface area contributed by atoms with Crippen LogP contribution in [0.2, 0.25) is 0 Å². The summed E-state index contributed by atoms with van der Waals surface area (Å²) < 4.78 is 0. The Kier molecular flexibility index (Phi) is 4.74. The summed E-state index contributed by atoms with van der Waals surface area (Å²) in [7, 11) is 4.21. The van der Waals surface area contributed by atoms with Crippen molar-refractivity contribution in [3.05, 3.63) is 0 Å². The molecule has 0 aromatic carbocycles. The van der Waals surface area contributed by atoms with Crippen molar-refractivity contribution in [2.45, 2.75) is 32.1 Å². The van der Waals surface area contributed by atoms with E-state index in [1.165, 1.54) is 43.0 Å². The van der Waals surface area contributed by atoms with E-state index in [2.05, 4.69) is 24.3 Å². The Morgan fingerprint density at radius 1 is 1.29 bits per heavy atom. The fourth-order valence-corrected chi connectivity index (χ4v) is 3.83. The van der Waals surface area contributed by atoms with E-state index in [0.717, 1.165) is 19.6 Å². The molecule has 0 unspecified atom stereocenters. The fourth-order valence-electron chi connectivity index (χ4n) is 2.65. The van der Waals surface area contributed by atoms with Crippen LogP contribution in [-0.2, 0) is 0 Å². The third-order valence-electron chi connectivity index (χ3n) is 3.82. The summed E-state index contributed by atoms with van der Waals surface area (Å²) in [5.74, 6) is 1.28. The van der Waals surface area contributed by atoms with Crippen LogP contribution in [0.4, 0.5) is 0 Å². The minimum absolute atomic E-state index is 0.551. The fraction of sp³-hybridized carbons (Fsp3) is 0.923. The lowest BCUT2D eigenvalue weighted by Gasteiger charge is -2.38. The number of hydrogen-bond donors (Lipinski definition) is 1. The van der Waals surface area contributed by atoms with Crippen molar-refractivity contribution in [1.82, 2.24) is 10.2 Å². The van der Waals surface area contributed by atoms with E-state index in [-0.39, 0.29) is 0 Å². The van der Waals surface area contributed by atoms with Gasteiger partial charge in [0.05, 0.1) is 0 Å². The number of nitrogens with one attached hydrogen (secondary N) is 1. The van der Waals surface area contributed by atoms with Crippen LogP contribution in [0.1, 0.15) is 32.1 Å². The van der Waals surface area contributed by atoms with Crippen molar-refractivity contribution in [2.24, 2.45) is 10.4 Å². The first-order valence-electron chi connectivity index (χ1n) is 6.76. The van der Waals surface area contributed by atoms with Gasteiger partial charge in [-0.1, -0.05) is 31.0 Å². The SMILES string of the molecule is CN(C)CCNC1=NCC2(CCCCC2)CS1. The molecule has 3 nitrogen and oxygen atoms in total. The zero-order chi connectivity index (χ0) is 12.1. The van der Waals surface area contributed by atoms with Crippen LogP contribution in [0, 0.1) is 5.41 Å². The normalized spacial score (nSPS) is 23.8. The summed E-state index contributed by atoms with van der Waals surface area (Å²) in [6.45, 7) is 3.14. The van der Waals surface area contributed by atoms with Gasteiger partial charge >= 0.3 is 0 Å². The van der Waals surface area contributed by atoms with Gasteiger partial charge in [-0.25, -0.2) is 0 Å². The van der Waals surface area contributed by atoms with Crippen LogP contribution < -0.4 is 5.32 Å². The summed E-state index contributed by atoms with van der Waals surface area (Å²) >= 11 is 1.94. The predicted molar refractivity (Wildman–Crippen MR) is 76.8 cm³/mol. The molecule has 0 bridgehead atoms. The molecule has 17 heavy (non-hydrogen) atoms. The summed E-state index contributed by atoms with van der Waals surface area (Å²) in [5.41, 5.74) is 0.551. The van der Waals surface area contributed by atoms with E-state index in [1.807, 2.05) is 11.8 Å². The highest BCUT2D eigenvalue weighted by Crippen LogP contribution is 2.41. The van der Waals surface area contributed by atoms with Crippen LogP contribution >= 0.6 is 11.8 Å². The van der Waals surface area contributed by atoms with Crippen LogP contribution in [0.15, 0.2) is 4.99 Å². The highest BCUT2D eigenvalue weighted by Gasteiger charge is 2.34. The largest absolute Gasteiger partial charge is 0.364 e. The zero-order valence-corrected chi connectivity index (χ0v) is 12.0. The van der Waals surface area contributed by atoms with Gasteiger partial charge in [0.2, 0.25) is 0 Å². The van der Waals surface area contributed by atoms with E-state index < -0.39 is 0 Å². The van der Waals surface area contributed by atoms with Crippen molar-refractivity contribution in [1.29, 1.82) is 0 Å². The average molecular weight is 255 g/mol. The van der Waals surface area contributed by atoms with Crippen LogP contribution in [0.5, 0.6) is 0 Å². The lowest BCUT2D eigenvalue weighted by molar-refractivity contribution is 0.232. The van der Waals surface area contributed by atoms with Crippen molar-refractivity contribution in [2.75, 3.05) is 39.5 Å². The smallest absolute Gasteiger partial charge is 0.156 e. The monoisotopic (exact) mass is 255 g/mol. The van der Waals surface area contributed by atoms with Gasteiger partial charge in [-0.2, -0.15) is 0 Å². The Balaban J connectivity index is 1.76. The molecular weight excluding hydrogens is 230 g/mol. The second-order valence-corrected chi connectivity index (χ2v) is 6.66. The van der Waals surface area contributed by atoms with Gasteiger partial charge in [0, 0.05) is 25.4 Å². The number of aliphatic imine (C=N–C) groups is 1. The Morgan fingerprint density at radius 3 is 2.65 bits per heavy atom. The van der Waals surface area contributed by atoms with Crippen molar-refractivity contribution in [3.8, 4) is 0 Å². The molecule has 0 aromatic rings. The molecule has 0 atom stereocenters. The molecule has 2 rings (SSSR count). The van der Waals surface area contributed by atoms with E-state index in [0.29, 0.717) is 5.41 Å². The van der Waals surface area contributed by atoms with Gasteiger partial charge in [-0.05, 0) is 32.4 Å². The molecule has 0 radical (unpaired) electrons. The third-order valence-corrected chi connectivity index (χ3v) is 5.13. The number of nitrogens with zero attached hydrogens (tertiary/aromatic N) is 2. The predicted octanol–water partition coefficient (Wildman–Crippen LogP) is 2.19. The van der Waals surface area contributed by atoms with Gasteiger partial charge < -0.3 is 10.2 Å². The van der Waals surface area contributed by atoms with Crippen molar-refractivity contribution in [3.63, 3.8) is 0 Å². The highest BCUT2D eigenvalue weighted by atomic mass is 32.2. The molecule has 1 N–H and O–H groups in total. The molecule has 1 saturated carbocycles. The van der Waals surface area contributed by atoms with E-state index in [9.17, 15) is 0 Å². The Morgan fingerprint density at radius 2 is 2.06 bits per heavy atom. The average Bonchev–Trinajstić information content (AvgIpc) is 2.33. The Bertz CT molecular complexity index is 270. The molecule has 1 spiro atoms. The van der Waals surface area contributed by atoms with E-state index in [1.54, 1.807) is 0 Å². The minimum Gasteiger partial charge on any atom is -0.364 e. The lowest BCUT2D eigenvalue weighted by Crippen LogP contribution is -2.38. The van der Waals surface area contributed by atoms with E-state index in [4.69, 9.17) is 4.99 Å². The molecule has 1 aliphatic heterocycles. The number of hydrogen-bond acceptors (Lipinski definition) is 4. The standard InChI is InChI=1S/C13H25N3S/c1-16(2)9-8-14-12-15-10-13(11-17-12)6-4-3-5-7-13/h3-11H2,1-2H3,(H,14,15). The van der Waals surface area contributed by atoms with Crippen LogP contribution in [0.3, 0.4) is 0 Å². The molecule has 4 heteroatoms. The molecule has 1 heterocycles. The summed E-state index contributed by atoms with van der Waals surface area (Å²) in [5, 5.41) is 4.62. The number of amidine groups is 1. The molecule has 0 saturated heterocycles. The summed E-state index contributed by atoms with van der Waals surface area (Å²) in [6, 6.07) is 0. The van der Waals surface area contributed by atoms with Crippen LogP contribution in [0.25, 0.3) is 0 Å². The van der Waals surface area contributed by atoms with Crippen molar-refractivity contribution < 1.29 is 0 Å². The molecule has 1 fully saturated rings. The molecule has 98 valence electrons. The maximum atomic E-state index is 4.75. The van der Waals surface area contributed by atoms with Gasteiger partial charge in [-0.15, -0.1) is 0 Å². The summed E-state index contributed by atoms with van der Waals surface area (Å²) in [6.07, 6.45) is 7.06. The second kappa shape index (κ2) is 6.10. The minimum atomic E-state index is 0.551. The lowest BCUT2D eigenvalue weighted by atomic mass is 9.75. The van der Waals surface area contributed by atoms with Crippen molar-refractivity contribution >= 4 is 16.9 Å². The first kappa shape index (κ1) is 13.2. The van der Waals surface area contributed by atoms with Gasteiger partial charge in [-0.3, -0.25) is 4.99 Å². The Hall–Kier alpha value is -0.220. The van der Waals surface area contributed by atoms with E-state index >= 15 is 0 Å². The zero-order valence-electron chi connectivity index (χ0n) is 11.2. The number of rotatable bonds is 3. The number of thioether (sulfide) groups is 1. The first-order chi connectivity index (χ1) is 8.20. The van der Waals surface area contributed by atoms with Gasteiger partial charge in [0.25, 0.3) is 0 Å². The maximum absolute atomic E-state index is 4.75. The quantitative estimate of drug-likeness (QED) is 0.838. The third kappa shape index (κ3) is 3.88. The molecule has 0 aromatic heterocycles. The second-order valence-electron chi connectivity index (χ2n) is 5.70.